The van der Waals surface area contributed by atoms with Crippen molar-refractivity contribution in [2.45, 2.75) is 52.1 Å². The van der Waals surface area contributed by atoms with Gasteiger partial charge in [0, 0.05) is 32.0 Å². The molecule has 0 radical (unpaired) electrons. The summed E-state index contributed by atoms with van der Waals surface area (Å²) in [5, 5.41) is 2.82. The molecule has 0 saturated heterocycles. The molecule has 1 rings (SSSR count). The van der Waals surface area contributed by atoms with Gasteiger partial charge in [-0.3, -0.25) is 9.59 Å². The Morgan fingerprint density at radius 2 is 2.00 bits per heavy atom. The van der Waals surface area contributed by atoms with E-state index in [1.807, 2.05) is 13.8 Å². The van der Waals surface area contributed by atoms with Gasteiger partial charge in [0.25, 0.3) is 0 Å². The molecule has 4 heteroatoms. The van der Waals surface area contributed by atoms with Crippen molar-refractivity contribution in [3.05, 3.63) is 0 Å². The summed E-state index contributed by atoms with van der Waals surface area (Å²) in [5.41, 5.74) is 0. The standard InChI is InChI=1S/C11H20N2O2/c1-8(2)12-11(15)6-7-13(9(3)14)10-4-5-10/h8,10H,4-7H2,1-3H3,(H,12,15). The molecule has 86 valence electrons. The first kappa shape index (κ1) is 12.0. The van der Waals surface area contributed by atoms with Gasteiger partial charge in [-0.25, -0.2) is 0 Å². The van der Waals surface area contributed by atoms with E-state index in [1.165, 1.54) is 0 Å². The van der Waals surface area contributed by atoms with Crippen molar-refractivity contribution in [3.63, 3.8) is 0 Å². The smallest absolute Gasteiger partial charge is 0.221 e. The van der Waals surface area contributed by atoms with E-state index in [9.17, 15) is 9.59 Å². The molecule has 1 fully saturated rings. The number of hydrogen-bond donors (Lipinski definition) is 1. The number of rotatable bonds is 5. The van der Waals surface area contributed by atoms with Gasteiger partial charge in [-0.1, -0.05) is 0 Å². The van der Waals surface area contributed by atoms with Crippen LogP contribution in [0.25, 0.3) is 0 Å². The summed E-state index contributed by atoms with van der Waals surface area (Å²) in [6.45, 7) is 5.99. The first-order chi connectivity index (χ1) is 7.00. The molecule has 0 aromatic rings. The minimum atomic E-state index is 0.0249. The summed E-state index contributed by atoms with van der Waals surface area (Å²) in [6, 6.07) is 0.568. The number of hydrogen-bond acceptors (Lipinski definition) is 2. The summed E-state index contributed by atoms with van der Waals surface area (Å²) in [4.78, 5) is 24.4. The van der Waals surface area contributed by atoms with Crippen LogP contribution in [0.3, 0.4) is 0 Å². The van der Waals surface area contributed by atoms with Crippen molar-refractivity contribution in [1.82, 2.24) is 10.2 Å². The normalized spacial score (nSPS) is 15.2. The van der Waals surface area contributed by atoms with E-state index < -0.39 is 0 Å². The third kappa shape index (κ3) is 4.32. The number of amides is 2. The summed E-state index contributed by atoms with van der Waals surface area (Å²) in [7, 11) is 0. The molecule has 0 aromatic heterocycles. The lowest BCUT2D eigenvalue weighted by Crippen LogP contribution is -2.37. The van der Waals surface area contributed by atoms with Gasteiger partial charge in [-0.05, 0) is 26.7 Å². The highest BCUT2D eigenvalue weighted by Crippen LogP contribution is 2.26. The van der Waals surface area contributed by atoms with Crippen LogP contribution >= 0.6 is 0 Å². The highest BCUT2D eigenvalue weighted by atomic mass is 16.2. The number of nitrogens with zero attached hydrogens (tertiary/aromatic N) is 1. The van der Waals surface area contributed by atoms with Gasteiger partial charge in [-0.2, -0.15) is 0 Å². The molecule has 1 N–H and O–H groups in total. The summed E-state index contributed by atoms with van der Waals surface area (Å²) in [5.74, 6) is 0.103. The van der Waals surface area contributed by atoms with Crippen LogP contribution in [-0.4, -0.2) is 35.3 Å². The van der Waals surface area contributed by atoms with Gasteiger partial charge in [0.2, 0.25) is 11.8 Å². The molecule has 4 nitrogen and oxygen atoms in total. The molecule has 1 saturated carbocycles. The first-order valence-corrected chi connectivity index (χ1v) is 5.57. The fourth-order valence-corrected chi connectivity index (χ4v) is 1.60. The average molecular weight is 212 g/mol. The van der Waals surface area contributed by atoms with E-state index in [1.54, 1.807) is 11.8 Å². The summed E-state index contributed by atoms with van der Waals surface area (Å²) < 4.78 is 0. The van der Waals surface area contributed by atoms with Crippen LogP contribution in [0.15, 0.2) is 0 Å². The molecule has 0 heterocycles. The van der Waals surface area contributed by atoms with E-state index >= 15 is 0 Å². The van der Waals surface area contributed by atoms with Gasteiger partial charge in [0.05, 0.1) is 0 Å². The molecular weight excluding hydrogens is 192 g/mol. The SMILES string of the molecule is CC(=O)N(CCC(=O)NC(C)C)C1CC1. The lowest BCUT2D eigenvalue weighted by molar-refractivity contribution is -0.130. The van der Waals surface area contributed by atoms with Gasteiger partial charge in [-0.15, -0.1) is 0 Å². The molecule has 0 spiro atoms. The highest BCUT2D eigenvalue weighted by molar-refractivity contribution is 5.78. The molecule has 2 amide bonds. The number of nitrogens with one attached hydrogen (secondary N) is 1. The third-order valence-corrected chi connectivity index (χ3v) is 2.42. The second-order valence-corrected chi connectivity index (χ2v) is 4.42. The van der Waals surface area contributed by atoms with Crippen LogP contribution in [0.5, 0.6) is 0 Å². The second-order valence-electron chi connectivity index (χ2n) is 4.42. The Bertz CT molecular complexity index is 247. The van der Waals surface area contributed by atoms with Crippen LogP contribution < -0.4 is 5.32 Å². The van der Waals surface area contributed by atoms with Gasteiger partial charge in [0.15, 0.2) is 0 Å². The molecule has 0 unspecified atom stereocenters. The van der Waals surface area contributed by atoms with Crippen LogP contribution in [0.1, 0.15) is 40.0 Å². The van der Waals surface area contributed by atoms with Gasteiger partial charge < -0.3 is 10.2 Å². The zero-order valence-electron chi connectivity index (χ0n) is 9.75. The molecule has 0 aliphatic heterocycles. The fraction of sp³-hybridized carbons (Fsp3) is 0.818. The summed E-state index contributed by atoms with van der Waals surface area (Å²) >= 11 is 0. The van der Waals surface area contributed by atoms with E-state index in [-0.39, 0.29) is 17.9 Å². The Morgan fingerprint density at radius 1 is 1.40 bits per heavy atom. The molecular formula is C11H20N2O2. The monoisotopic (exact) mass is 212 g/mol. The quantitative estimate of drug-likeness (QED) is 0.736. The van der Waals surface area contributed by atoms with E-state index in [0.717, 1.165) is 12.8 Å². The predicted molar refractivity (Wildman–Crippen MR) is 58.3 cm³/mol. The average Bonchev–Trinajstić information content (AvgIpc) is 2.86. The molecule has 0 aromatic carbocycles. The van der Waals surface area contributed by atoms with E-state index in [0.29, 0.717) is 19.0 Å². The van der Waals surface area contributed by atoms with Gasteiger partial charge >= 0.3 is 0 Å². The maximum atomic E-state index is 11.4. The Labute approximate surface area is 91.0 Å². The van der Waals surface area contributed by atoms with Crippen molar-refractivity contribution in [2.75, 3.05) is 6.54 Å². The number of carbonyl (C=O) groups is 2. The summed E-state index contributed by atoms with van der Waals surface area (Å²) in [6.07, 6.45) is 2.59. The Hall–Kier alpha value is -1.06. The Kier molecular flexibility index (Phi) is 4.12. The zero-order valence-corrected chi connectivity index (χ0v) is 9.75. The fourth-order valence-electron chi connectivity index (χ4n) is 1.60. The van der Waals surface area contributed by atoms with Crippen LogP contribution in [-0.2, 0) is 9.59 Å². The third-order valence-electron chi connectivity index (χ3n) is 2.42. The van der Waals surface area contributed by atoms with Gasteiger partial charge in [0.1, 0.15) is 0 Å². The molecule has 1 aliphatic rings. The maximum Gasteiger partial charge on any atom is 0.221 e. The first-order valence-electron chi connectivity index (χ1n) is 5.57. The van der Waals surface area contributed by atoms with Crippen LogP contribution in [0, 0.1) is 0 Å². The van der Waals surface area contributed by atoms with E-state index in [2.05, 4.69) is 5.32 Å². The minimum absolute atomic E-state index is 0.0249. The van der Waals surface area contributed by atoms with Crippen LogP contribution in [0.2, 0.25) is 0 Å². The van der Waals surface area contributed by atoms with Crippen molar-refractivity contribution < 1.29 is 9.59 Å². The largest absolute Gasteiger partial charge is 0.354 e. The molecule has 15 heavy (non-hydrogen) atoms. The van der Waals surface area contributed by atoms with Crippen molar-refractivity contribution in [1.29, 1.82) is 0 Å². The molecule has 1 aliphatic carbocycles. The molecule has 0 atom stereocenters. The number of carbonyl (C=O) groups excluding carboxylic acids is 2. The van der Waals surface area contributed by atoms with Crippen LogP contribution in [0.4, 0.5) is 0 Å². The maximum absolute atomic E-state index is 11.4. The molecule has 0 bridgehead atoms. The Morgan fingerprint density at radius 3 is 2.40 bits per heavy atom. The lowest BCUT2D eigenvalue weighted by Gasteiger charge is -2.20. The highest BCUT2D eigenvalue weighted by Gasteiger charge is 2.30. The minimum Gasteiger partial charge on any atom is -0.354 e. The zero-order chi connectivity index (χ0) is 11.4. The second kappa shape index (κ2) is 5.14. The van der Waals surface area contributed by atoms with E-state index in [4.69, 9.17) is 0 Å². The lowest BCUT2D eigenvalue weighted by atomic mass is 10.3. The van der Waals surface area contributed by atoms with Crippen molar-refractivity contribution in [3.8, 4) is 0 Å². The Balaban J connectivity index is 2.27. The predicted octanol–water partition coefficient (Wildman–Crippen LogP) is 0.912. The van der Waals surface area contributed by atoms with Crippen molar-refractivity contribution in [2.24, 2.45) is 0 Å². The topological polar surface area (TPSA) is 49.4 Å². The van der Waals surface area contributed by atoms with Crippen molar-refractivity contribution >= 4 is 11.8 Å².